The lowest BCUT2D eigenvalue weighted by Crippen LogP contribution is -2.49. The van der Waals surface area contributed by atoms with Crippen LogP contribution in [0.4, 0.5) is 5.69 Å². The molecule has 0 unspecified atom stereocenters. The number of sulfonamides is 1. The zero-order chi connectivity index (χ0) is 29.6. The van der Waals surface area contributed by atoms with E-state index in [0.717, 1.165) is 42.8 Å². The highest BCUT2D eigenvalue weighted by Crippen LogP contribution is 2.47. The molecule has 0 radical (unpaired) electrons. The summed E-state index contributed by atoms with van der Waals surface area (Å²) in [5.41, 5.74) is 2.98. The summed E-state index contributed by atoms with van der Waals surface area (Å²) < 4.78 is 35.2. The van der Waals surface area contributed by atoms with E-state index in [0.29, 0.717) is 44.7 Å². The fraction of sp³-hybridized carbons (Fsp3) is 0.531. The van der Waals surface area contributed by atoms with Crippen molar-refractivity contribution >= 4 is 44.8 Å². The largest absolute Gasteiger partial charge is 0.490 e. The molecule has 5 atom stereocenters. The van der Waals surface area contributed by atoms with E-state index in [-0.39, 0.29) is 27.8 Å². The van der Waals surface area contributed by atoms with Crippen LogP contribution in [0.3, 0.4) is 0 Å². The van der Waals surface area contributed by atoms with Crippen LogP contribution in [0.15, 0.2) is 42.5 Å². The van der Waals surface area contributed by atoms with Crippen molar-refractivity contribution in [3.8, 4) is 5.75 Å². The summed E-state index contributed by atoms with van der Waals surface area (Å²) in [5.74, 6) is 0.195. The van der Waals surface area contributed by atoms with Crippen molar-refractivity contribution in [2.45, 2.75) is 75.1 Å². The first-order valence-corrected chi connectivity index (χ1v) is 17.3. The maximum Gasteiger partial charge on any atom is 0.266 e. The van der Waals surface area contributed by atoms with Gasteiger partial charge in [-0.25, -0.2) is 13.1 Å². The second-order valence-corrected chi connectivity index (χ2v) is 15.2. The summed E-state index contributed by atoms with van der Waals surface area (Å²) in [6.07, 6.45) is 9.13. The van der Waals surface area contributed by atoms with E-state index in [1.165, 1.54) is 11.1 Å². The third-order valence-electron chi connectivity index (χ3n) is 9.86. The zero-order valence-electron chi connectivity index (χ0n) is 23.8. The van der Waals surface area contributed by atoms with Gasteiger partial charge in [0.2, 0.25) is 10.0 Å². The number of fused-ring (bicyclic) bond motifs is 4. The predicted octanol–water partition coefficient (Wildman–Crippen LogP) is 6.04. The minimum Gasteiger partial charge on any atom is -0.490 e. The number of hydrogen-bond donors (Lipinski definition) is 2. The molecule has 42 heavy (non-hydrogen) atoms. The Balaban J connectivity index is 1.45. The number of carbonyl (C=O) groups is 1. The first-order chi connectivity index (χ1) is 20.1. The number of nitrogens with one attached hydrogen (secondary N) is 1. The maximum atomic E-state index is 13.4. The first-order valence-electron chi connectivity index (χ1n) is 15.0. The average Bonchev–Trinajstić information content (AvgIpc) is 3.06. The van der Waals surface area contributed by atoms with Gasteiger partial charge in [0.05, 0.1) is 34.2 Å². The molecule has 2 N–H and O–H groups in total. The Bertz CT molecular complexity index is 1510. The van der Waals surface area contributed by atoms with E-state index in [1.807, 2.05) is 18.2 Å². The molecule has 2 aromatic rings. The van der Waals surface area contributed by atoms with Crippen LogP contribution in [-0.4, -0.2) is 50.5 Å². The highest BCUT2D eigenvalue weighted by molar-refractivity contribution is 7.90. The number of allylic oxidation sites excluding steroid dienone is 1. The molecule has 0 aromatic heterocycles. The lowest BCUT2D eigenvalue weighted by molar-refractivity contribution is 0.0456. The number of aliphatic hydroxyl groups is 1. The van der Waals surface area contributed by atoms with Crippen LogP contribution in [0.25, 0.3) is 0 Å². The van der Waals surface area contributed by atoms with Gasteiger partial charge in [0.25, 0.3) is 5.91 Å². The zero-order valence-corrected chi connectivity index (χ0v) is 26.1. The Morgan fingerprint density at radius 3 is 2.76 bits per heavy atom. The lowest BCUT2D eigenvalue weighted by atomic mass is 9.68. The molecule has 1 spiro atoms. The van der Waals surface area contributed by atoms with Crippen LogP contribution in [0.5, 0.6) is 5.75 Å². The summed E-state index contributed by atoms with van der Waals surface area (Å²) in [7, 11) is -3.95. The molecular formula is C32H38Cl2N2O5S. The number of nitrogens with zero attached hydrogens (tertiary/aromatic N) is 1. The predicted molar refractivity (Wildman–Crippen MR) is 166 cm³/mol. The van der Waals surface area contributed by atoms with E-state index >= 15 is 0 Å². The van der Waals surface area contributed by atoms with Crippen molar-refractivity contribution in [3.05, 3.63) is 69.2 Å². The second-order valence-electron chi connectivity index (χ2n) is 12.4. The van der Waals surface area contributed by atoms with Gasteiger partial charge in [0, 0.05) is 29.6 Å². The Hall–Kier alpha value is -2.26. The Kier molecular flexibility index (Phi) is 8.28. The summed E-state index contributed by atoms with van der Waals surface area (Å²) in [4.78, 5) is 15.7. The van der Waals surface area contributed by atoms with E-state index < -0.39 is 27.3 Å². The minimum atomic E-state index is -3.95. The summed E-state index contributed by atoms with van der Waals surface area (Å²) >= 11 is 13.0. The van der Waals surface area contributed by atoms with E-state index in [2.05, 4.69) is 21.8 Å². The van der Waals surface area contributed by atoms with Gasteiger partial charge in [-0.15, -0.1) is 0 Å². The van der Waals surface area contributed by atoms with Gasteiger partial charge in [-0.2, -0.15) is 0 Å². The van der Waals surface area contributed by atoms with Gasteiger partial charge in [0.15, 0.2) is 0 Å². The topological polar surface area (TPSA) is 95.9 Å². The summed E-state index contributed by atoms with van der Waals surface area (Å²) in [6, 6.07) is 9.44. The highest BCUT2D eigenvalue weighted by Gasteiger charge is 2.44. The van der Waals surface area contributed by atoms with Crippen molar-refractivity contribution in [1.29, 1.82) is 0 Å². The van der Waals surface area contributed by atoms with Crippen molar-refractivity contribution in [2.75, 3.05) is 24.6 Å². The van der Waals surface area contributed by atoms with Crippen molar-refractivity contribution in [1.82, 2.24) is 4.72 Å². The molecule has 6 rings (SSSR count). The fourth-order valence-corrected chi connectivity index (χ4v) is 9.22. The molecular weight excluding hydrogens is 595 g/mol. The first kappa shape index (κ1) is 29.8. The van der Waals surface area contributed by atoms with E-state index in [4.69, 9.17) is 27.9 Å². The molecule has 2 bridgehead atoms. The number of aliphatic hydroxyl groups excluding tert-OH is 1. The quantitative estimate of drug-likeness (QED) is 0.372. The number of benzene rings is 2. The molecule has 10 heteroatoms. The number of anilines is 1. The number of halogens is 2. The standard InChI is InChI=1S/C32H38Cl2N2O5S/c1-2-23-7-3-4-8-29(37)24-11-9-21(24)17-36-18-32(13-5-6-20-14-22(33)10-12-26(20)32)19-41-30-16-27(34)25(15-28(30)36)31(38)35-42(23,39)40/h4,8,10,12,14-16,21,23-24,29,37H,2-3,5-7,9,11,13,17-19H2,1H3,(H,35,38)/b8-4+/t21-,23+,24+,29-,32-/m0/s1. The number of carbonyl (C=O) groups excluding carboxylic acids is 1. The highest BCUT2D eigenvalue weighted by atomic mass is 35.5. The fourth-order valence-electron chi connectivity index (χ4n) is 7.37. The maximum absolute atomic E-state index is 13.4. The second kappa shape index (κ2) is 11.7. The SMILES string of the molecule is CC[C@@H]1CC/C=C/[C@H](O)[C@@H]2CC[C@H]2CN2C[C@@]3(CCCc4cc(Cl)ccc43)COc3cc(Cl)c(cc32)C(=O)NS1(=O)=O. The third kappa shape index (κ3) is 5.56. The smallest absolute Gasteiger partial charge is 0.266 e. The summed E-state index contributed by atoms with van der Waals surface area (Å²) in [5, 5.41) is 11.2. The molecule has 1 saturated carbocycles. The number of rotatable bonds is 1. The van der Waals surface area contributed by atoms with Crippen molar-refractivity contribution in [2.24, 2.45) is 11.8 Å². The Labute approximate surface area is 258 Å². The molecule has 2 aliphatic heterocycles. The number of hydrogen-bond acceptors (Lipinski definition) is 6. The van der Waals surface area contributed by atoms with Crippen LogP contribution < -0.4 is 14.4 Å². The number of amides is 1. The van der Waals surface area contributed by atoms with Gasteiger partial charge in [0.1, 0.15) is 5.75 Å². The van der Waals surface area contributed by atoms with Crippen LogP contribution >= 0.6 is 23.2 Å². The van der Waals surface area contributed by atoms with E-state index in [1.54, 1.807) is 19.1 Å². The Morgan fingerprint density at radius 1 is 1.17 bits per heavy atom. The van der Waals surface area contributed by atoms with Gasteiger partial charge < -0.3 is 14.7 Å². The molecule has 1 fully saturated rings. The van der Waals surface area contributed by atoms with Crippen LogP contribution in [-0.2, 0) is 21.9 Å². The van der Waals surface area contributed by atoms with Crippen LogP contribution in [0.2, 0.25) is 10.0 Å². The molecule has 0 saturated heterocycles. The average molecular weight is 634 g/mol. The van der Waals surface area contributed by atoms with Gasteiger partial charge in [-0.05, 0) is 92.5 Å². The lowest BCUT2D eigenvalue weighted by Gasteiger charge is -2.45. The molecule has 4 aliphatic rings. The van der Waals surface area contributed by atoms with Gasteiger partial charge in [-0.3, -0.25) is 4.79 Å². The number of aryl methyl sites for hydroxylation is 1. The molecule has 2 aliphatic carbocycles. The van der Waals surface area contributed by atoms with E-state index in [9.17, 15) is 18.3 Å². The number of ether oxygens (including phenoxy) is 1. The van der Waals surface area contributed by atoms with Crippen LogP contribution in [0, 0.1) is 11.8 Å². The third-order valence-corrected chi connectivity index (χ3v) is 12.3. The Morgan fingerprint density at radius 2 is 2.00 bits per heavy atom. The molecule has 2 heterocycles. The molecule has 2 aromatic carbocycles. The molecule has 7 nitrogen and oxygen atoms in total. The molecule has 226 valence electrons. The van der Waals surface area contributed by atoms with Crippen molar-refractivity contribution in [3.63, 3.8) is 0 Å². The molecule has 1 amide bonds. The summed E-state index contributed by atoms with van der Waals surface area (Å²) in [6.45, 7) is 3.57. The van der Waals surface area contributed by atoms with Gasteiger partial charge >= 0.3 is 0 Å². The normalized spacial score (nSPS) is 31.5. The monoisotopic (exact) mass is 632 g/mol. The van der Waals surface area contributed by atoms with Crippen LogP contribution in [0.1, 0.15) is 73.4 Å². The minimum absolute atomic E-state index is 0.103. The van der Waals surface area contributed by atoms with Gasteiger partial charge in [-0.1, -0.05) is 48.3 Å². The van der Waals surface area contributed by atoms with Crippen molar-refractivity contribution < 1.29 is 23.1 Å².